The van der Waals surface area contributed by atoms with Gasteiger partial charge in [0.05, 0.1) is 6.54 Å². The van der Waals surface area contributed by atoms with Gasteiger partial charge in [-0.3, -0.25) is 4.79 Å². The zero-order valence-corrected chi connectivity index (χ0v) is 13.5. The van der Waals surface area contributed by atoms with Crippen molar-refractivity contribution in [1.82, 2.24) is 9.47 Å². The van der Waals surface area contributed by atoms with Crippen molar-refractivity contribution in [2.45, 2.75) is 31.7 Å². The quantitative estimate of drug-likeness (QED) is 0.746. The van der Waals surface area contributed by atoms with E-state index in [0.717, 1.165) is 16.8 Å². The van der Waals surface area contributed by atoms with Crippen molar-refractivity contribution in [3.05, 3.63) is 18.0 Å². The predicted molar refractivity (Wildman–Crippen MR) is 75.3 cm³/mol. The van der Waals surface area contributed by atoms with Crippen molar-refractivity contribution in [1.29, 1.82) is 0 Å². The van der Waals surface area contributed by atoms with E-state index in [1.165, 1.54) is 11.9 Å². The Kier molecular flexibility index (Phi) is 5.75. The lowest BCUT2D eigenvalue weighted by molar-refractivity contribution is 0.0758. The van der Waals surface area contributed by atoms with Crippen LogP contribution in [-0.4, -0.2) is 43.8 Å². The summed E-state index contributed by atoms with van der Waals surface area (Å²) in [6.45, 7) is 3.44. The van der Waals surface area contributed by atoms with Crippen LogP contribution >= 0.6 is 10.7 Å². The summed E-state index contributed by atoms with van der Waals surface area (Å²) in [6.07, 6.45) is -1.77. The second kappa shape index (κ2) is 6.74. The van der Waals surface area contributed by atoms with E-state index in [1.807, 2.05) is 13.8 Å². The number of halogens is 3. The van der Waals surface area contributed by atoms with Gasteiger partial charge in [-0.2, -0.15) is 0 Å². The van der Waals surface area contributed by atoms with Gasteiger partial charge in [-0.05, 0) is 12.0 Å². The van der Waals surface area contributed by atoms with Gasteiger partial charge < -0.3 is 9.47 Å². The van der Waals surface area contributed by atoms with Crippen LogP contribution < -0.4 is 0 Å². The third-order valence-corrected chi connectivity index (χ3v) is 4.01. The van der Waals surface area contributed by atoms with Gasteiger partial charge in [0.25, 0.3) is 21.4 Å². The molecular formula is C12H17ClF2N2O3S. The molecule has 1 heterocycles. The molecule has 21 heavy (non-hydrogen) atoms. The van der Waals surface area contributed by atoms with Crippen molar-refractivity contribution in [3.8, 4) is 0 Å². The Labute approximate surface area is 126 Å². The summed E-state index contributed by atoms with van der Waals surface area (Å²) in [7, 11) is 2.63. The van der Waals surface area contributed by atoms with E-state index in [2.05, 4.69) is 0 Å². The molecule has 0 atom stereocenters. The Bertz CT molecular complexity index is 614. The van der Waals surface area contributed by atoms with E-state index >= 15 is 0 Å². The summed E-state index contributed by atoms with van der Waals surface area (Å²) >= 11 is 0. The van der Waals surface area contributed by atoms with Gasteiger partial charge in [-0.25, -0.2) is 17.2 Å². The van der Waals surface area contributed by atoms with Gasteiger partial charge in [-0.15, -0.1) is 0 Å². The Hall–Kier alpha value is -1.15. The number of rotatable bonds is 6. The molecule has 0 radical (unpaired) electrons. The molecule has 0 N–H and O–H groups in total. The van der Waals surface area contributed by atoms with Crippen LogP contribution in [0.3, 0.4) is 0 Å². The fourth-order valence-electron chi connectivity index (χ4n) is 1.92. The van der Waals surface area contributed by atoms with E-state index in [4.69, 9.17) is 10.7 Å². The first-order valence-corrected chi connectivity index (χ1v) is 8.51. The van der Waals surface area contributed by atoms with Crippen LogP contribution in [0.25, 0.3) is 0 Å². The molecular weight excluding hydrogens is 326 g/mol. The maximum atomic E-state index is 12.6. The molecule has 0 fully saturated rings. The molecule has 0 saturated carbocycles. The molecule has 5 nitrogen and oxygen atoms in total. The third-order valence-electron chi connectivity index (χ3n) is 2.69. The SMILES string of the molecule is CC(C)CN(C)C(=O)c1cc(S(=O)(=O)Cl)cn1CC(F)F. The van der Waals surface area contributed by atoms with Crippen LogP contribution in [0.5, 0.6) is 0 Å². The fraction of sp³-hybridized carbons (Fsp3) is 0.583. The summed E-state index contributed by atoms with van der Waals surface area (Å²) < 4.78 is 48.6. The summed E-state index contributed by atoms with van der Waals surface area (Å²) in [5.74, 6) is -0.343. The van der Waals surface area contributed by atoms with Crippen molar-refractivity contribution in [2.24, 2.45) is 5.92 Å². The molecule has 1 aromatic heterocycles. The Balaban J connectivity index is 3.20. The summed E-state index contributed by atoms with van der Waals surface area (Å²) in [5, 5.41) is 0. The van der Waals surface area contributed by atoms with Gasteiger partial charge >= 0.3 is 0 Å². The molecule has 0 bridgehead atoms. The maximum Gasteiger partial charge on any atom is 0.270 e. The maximum absolute atomic E-state index is 12.6. The number of hydrogen-bond donors (Lipinski definition) is 0. The number of aromatic nitrogens is 1. The second-order valence-corrected chi connectivity index (χ2v) is 7.69. The van der Waals surface area contributed by atoms with Crippen LogP contribution in [0.2, 0.25) is 0 Å². The van der Waals surface area contributed by atoms with Gasteiger partial charge in [0.2, 0.25) is 0 Å². The van der Waals surface area contributed by atoms with Crippen LogP contribution in [0.1, 0.15) is 24.3 Å². The largest absolute Gasteiger partial charge is 0.340 e. The van der Waals surface area contributed by atoms with Crippen LogP contribution in [0.4, 0.5) is 8.78 Å². The minimum absolute atomic E-state index is 0.127. The number of carbonyl (C=O) groups is 1. The zero-order valence-electron chi connectivity index (χ0n) is 11.9. The number of nitrogens with zero attached hydrogens (tertiary/aromatic N) is 2. The van der Waals surface area contributed by atoms with Crippen molar-refractivity contribution in [2.75, 3.05) is 13.6 Å². The van der Waals surface area contributed by atoms with E-state index in [9.17, 15) is 22.0 Å². The molecule has 0 aliphatic heterocycles. The molecule has 1 rings (SSSR count). The topological polar surface area (TPSA) is 59.4 Å². The first kappa shape index (κ1) is 17.9. The van der Waals surface area contributed by atoms with Gasteiger partial charge in [0, 0.05) is 30.5 Å². The molecule has 0 aromatic carbocycles. The second-order valence-electron chi connectivity index (χ2n) is 5.12. The highest BCUT2D eigenvalue weighted by molar-refractivity contribution is 8.13. The molecule has 0 unspecified atom stereocenters. The molecule has 1 amide bonds. The lowest BCUT2D eigenvalue weighted by Gasteiger charge is -2.20. The molecule has 0 aliphatic carbocycles. The smallest absolute Gasteiger partial charge is 0.270 e. The molecule has 9 heteroatoms. The summed E-state index contributed by atoms with van der Waals surface area (Å²) in [6, 6.07) is 1.02. The number of carbonyl (C=O) groups excluding carboxylic acids is 1. The van der Waals surface area contributed by atoms with Crippen molar-refractivity contribution < 1.29 is 22.0 Å². The lowest BCUT2D eigenvalue weighted by atomic mass is 10.2. The minimum atomic E-state index is -4.09. The molecule has 0 spiro atoms. The fourth-order valence-corrected chi connectivity index (χ4v) is 2.68. The average molecular weight is 343 g/mol. The van der Waals surface area contributed by atoms with Crippen LogP contribution in [-0.2, 0) is 15.6 Å². The standard InChI is InChI=1S/C12H17ClF2N2O3S/c1-8(2)5-16(3)12(18)10-4-9(21(13,19)20)6-17(10)7-11(14)15/h4,6,8,11H,5,7H2,1-3H3. The number of hydrogen-bond acceptors (Lipinski definition) is 3. The van der Waals surface area contributed by atoms with Crippen LogP contribution in [0, 0.1) is 5.92 Å². The Morgan fingerprint density at radius 2 is 2.00 bits per heavy atom. The summed E-state index contributed by atoms with van der Waals surface area (Å²) in [5.41, 5.74) is -0.127. The Morgan fingerprint density at radius 3 is 2.43 bits per heavy atom. The summed E-state index contributed by atoms with van der Waals surface area (Å²) in [4.78, 5) is 13.2. The average Bonchev–Trinajstić information content (AvgIpc) is 2.69. The Morgan fingerprint density at radius 1 is 1.43 bits per heavy atom. The normalized spacial score (nSPS) is 12.2. The van der Waals surface area contributed by atoms with Gasteiger partial charge in [0.1, 0.15) is 10.6 Å². The lowest BCUT2D eigenvalue weighted by Crippen LogP contribution is -2.32. The predicted octanol–water partition coefficient (Wildman–Crippen LogP) is 2.41. The molecule has 120 valence electrons. The highest BCUT2D eigenvalue weighted by Gasteiger charge is 2.23. The van der Waals surface area contributed by atoms with Gasteiger partial charge in [-0.1, -0.05) is 13.8 Å². The van der Waals surface area contributed by atoms with E-state index in [-0.39, 0.29) is 16.5 Å². The van der Waals surface area contributed by atoms with Crippen molar-refractivity contribution in [3.63, 3.8) is 0 Å². The van der Waals surface area contributed by atoms with E-state index in [1.54, 1.807) is 0 Å². The monoisotopic (exact) mass is 342 g/mol. The highest BCUT2D eigenvalue weighted by atomic mass is 35.7. The van der Waals surface area contributed by atoms with E-state index in [0.29, 0.717) is 6.54 Å². The number of amides is 1. The molecule has 0 aliphatic rings. The highest BCUT2D eigenvalue weighted by Crippen LogP contribution is 2.21. The zero-order chi connectivity index (χ0) is 16.4. The first-order valence-electron chi connectivity index (χ1n) is 6.20. The van der Waals surface area contributed by atoms with Gasteiger partial charge in [0.15, 0.2) is 0 Å². The minimum Gasteiger partial charge on any atom is -0.340 e. The molecule has 0 saturated heterocycles. The third kappa shape index (κ3) is 4.96. The first-order chi connectivity index (χ1) is 9.52. The molecule has 1 aromatic rings. The number of alkyl halides is 2. The van der Waals surface area contributed by atoms with E-state index < -0.39 is 27.9 Å². The van der Waals surface area contributed by atoms with Crippen LogP contribution in [0.15, 0.2) is 17.2 Å². The van der Waals surface area contributed by atoms with Crippen molar-refractivity contribution >= 4 is 25.6 Å².